The molecule has 0 aromatic heterocycles. The average Bonchev–Trinajstić information content (AvgIpc) is 2.71. The Morgan fingerprint density at radius 3 is 2.54 bits per heavy atom. The van der Waals surface area contributed by atoms with Crippen molar-refractivity contribution in [3.8, 4) is 0 Å². The lowest BCUT2D eigenvalue weighted by atomic mass is 9.86. The standard InChI is InChI=1S/C22H23Cl2FN2O/c1-14-20(25)9-8-19(21(14)24)22(28)27-11-10-26-12-16(4-7-18(26)13-27)15-2-5-17(23)6-3-15/h2-3,5-6,8-9,16,18H,4,7,10-13H2,1H3/t16-,18+/m0/s1. The Balaban J connectivity index is 1.43. The van der Waals surface area contributed by atoms with Gasteiger partial charge in [0.2, 0.25) is 0 Å². The van der Waals surface area contributed by atoms with Gasteiger partial charge in [0.1, 0.15) is 5.82 Å². The fraction of sp³-hybridized carbons (Fsp3) is 0.409. The normalized spacial score (nSPS) is 22.8. The fourth-order valence-corrected chi connectivity index (χ4v) is 4.72. The molecule has 2 aromatic carbocycles. The molecule has 2 aliphatic heterocycles. The van der Waals surface area contributed by atoms with Gasteiger partial charge in [-0.15, -0.1) is 0 Å². The number of fused-ring (bicyclic) bond motifs is 1. The Hall–Kier alpha value is -1.62. The second-order valence-corrected chi connectivity index (χ2v) is 8.57. The number of piperazine rings is 1. The highest BCUT2D eigenvalue weighted by molar-refractivity contribution is 6.34. The Kier molecular flexibility index (Phi) is 5.64. The van der Waals surface area contributed by atoms with Gasteiger partial charge in [0.05, 0.1) is 10.6 Å². The topological polar surface area (TPSA) is 23.6 Å². The van der Waals surface area contributed by atoms with E-state index in [-0.39, 0.29) is 16.7 Å². The Labute approximate surface area is 175 Å². The highest BCUT2D eigenvalue weighted by Crippen LogP contribution is 2.33. The number of nitrogens with zero attached hydrogens (tertiary/aromatic N) is 2. The van der Waals surface area contributed by atoms with E-state index in [1.165, 1.54) is 17.7 Å². The molecule has 2 saturated heterocycles. The number of piperidine rings is 1. The Morgan fingerprint density at radius 2 is 1.79 bits per heavy atom. The zero-order valence-corrected chi connectivity index (χ0v) is 17.3. The molecule has 4 rings (SSSR count). The molecule has 2 fully saturated rings. The summed E-state index contributed by atoms with van der Waals surface area (Å²) >= 11 is 12.2. The molecule has 0 saturated carbocycles. The Morgan fingerprint density at radius 1 is 1.04 bits per heavy atom. The van der Waals surface area contributed by atoms with Gasteiger partial charge in [-0.2, -0.15) is 0 Å². The lowest BCUT2D eigenvalue weighted by molar-refractivity contribution is 0.0329. The van der Waals surface area contributed by atoms with Crippen molar-refractivity contribution in [3.63, 3.8) is 0 Å². The summed E-state index contributed by atoms with van der Waals surface area (Å²) in [5.41, 5.74) is 2.05. The maximum absolute atomic E-state index is 13.7. The first-order valence-electron chi connectivity index (χ1n) is 9.67. The largest absolute Gasteiger partial charge is 0.336 e. The predicted octanol–water partition coefficient (Wildman–Crippen LogP) is 5.14. The summed E-state index contributed by atoms with van der Waals surface area (Å²) in [6.45, 7) is 4.81. The van der Waals surface area contributed by atoms with Crippen molar-refractivity contribution in [1.82, 2.24) is 9.80 Å². The molecule has 148 valence electrons. The first kappa shape index (κ1) is 19.7. The lowest BCUT2D eigenvalue weighted by Gasteiger charge is -2.46. The second kappa shape index (κ2) is 8.02. The number of rotatable bonds is 2. The van der Waals surface area contributed by atoms with Crippen molar-refractivity contribution < 1.29 is 9.18 Å². The molecule has 2 atom stereocenters. The molecule has 0 unspecified atom stereocenters. The van der Waals surface area contributed by atoms with Crippen LogP contribution in [-0.2, 0) is 0 Å². The van der Waals surface area contributed by atoms with Crippen LogP contribution in [0.5, 0.6) is 0 Å². The van der Waals surface area contributed by atoms with E-state index < -0.39 is 0 Å². The molecule has 0 aliphatic carbocycles. The molecule has 28 heavy (non-hydrogen) atoms. The summed E-state index contributed by atoms with van der Waals surface area (Å²) in [5, 5.41) is 0.984. The number of hydrogen-bond acceptors (Lipinski definition) is 2. The van der Waals surface area contributed by atoms with Gasteiger partial charge in [-0.1, -0.05) is 35.3 Å². The monoisotopic (exact) mass is 420 g/mol. The molecule has 2 heterocycles. The predicted molar refractivity (Wildman–Crippen MR) is 111 cm³/mol. The summed E-state index contributed by atoms with van der Waals surface area (Å²) in [6, 6.07) is 11.3. The van der Waals surface area contributed by atoms with Gasteiger partial charge in [-0.25, -0.2) is 4.39 Å². The maximum Gasteiger partial charge on any atom is 0.255 e. The Bertz CT molecular complexity index is 887. The number of carbonyl (C=O) groups is 1. The van der Waals surface area contributed by atoms with Crippen molar-refractivity contribution in [3.05, 3.63) is 69.0 Å². The molecule has 0 N–H and O–H groups in total. The van der Waals surface area contributed by atoms with Crippen LogP contribution in [0.1, 0.15) is 40.2 Å². The van der Waals surface area contributed by atoms with E-state index in [1.807, 2.05) is 17.0 Å². The van der Waals surface area contributed by atoms with Crippen molar-refractivity contribution in [2.24, 2.45) is 0 Å². The molecule has 3 nitrogen and oxygen atoms in total. The van der Waals surface area contributed by atoms with Gasteiger partial charge in [0.15, 0.2) is 0 Å². The number of hydrogen-bond donors (Lipinski definition) is 0. The summed E-state index contributed by atoms with van der Waals surface area (Å²) in [4.78, 5) is 17.3. The third-order valence-corrected chi connectivity index (χ3v) is 6.83. The van der Waals surface area contributed by atoms with Gasteiger partial charge in [0, 0.05) is 42.8 Å². The zero-order chi connectivity index (χ0) is 19.8. The van der Waals surface area contributed by atoms with E-state index in [0.717, 1.165) is 31.0 Å². The van der Waals surface area contributed by atoms with Crippen LogP contribution in [0.15, 0.2) is 36.4 Å². The van der Waals surface area contributed by atoms with Crippen molar-refractivity contribution in [1.29, 1.82) is 0 Å². The van der Waals surface area contributed by atoms with Crippen LogP contribution < -0.4 is 0 Å². The van der Waals surface area contributed by atoms with Gasteiger partial charge < -0.3 is 4.90 Å². The molecule has 0 spiro atoms. The van der Waals surface area contributed by atoms with Gasteiger partial charge in [-0.05, 0) is 55.5 Å². The minimum Gasteiger partial charge on any atom is -0.336 e. The molecule has 1 amide bonds. The summed E-state index contributed by atoms with van der Waals surface area (Å²) in [7, 11) is 0. The van der Waals surface area contributed by atoms with E-state index in [1.54, 1.807) is 6.92 Å². The SMILES string of the molecule is Cc1c(F)ccc(C(=O)N2CCN3C[C@@H](c4ccc(Cl)cc4)CC[C@@H]3C2)c1Cl. The van der Waals surface area contributed by atoms with Gasteiger partial charge in [-0.3, -0.25) is 9.69 Å². The molecule has 2 aliphatic rings. The van der Waals surface area contributed by atoms with Crippen LogP contribution in [0.2, 0.25) is 10.0 Å². The van der Waals surface area contributed by atoms with Crippen LogP contribution in [0, 0.1) is 12.7 Å². The van der Waals surface area contributed by atoms with Crippen LogP contribution in [0.3, 0.4) is 0 Å². The van der Waals surface area contributed by atoms with E-state index >= 15 is 0 Å². The van der Waals surface area contributed by atoms with Gasteiger partial charge >= 0.3 is 0 Å². The van der Waals surface area contributed by atoms with Crippen molar-refractivity contribution in [2.45, 2.75) is 31.7 Å². The third-order valence-electron chi connectivity index (χ3n) is 6.09. The van der Waals surface area contributed by atoms with Crippen LogP contribution in [-0.4, -0.2) is 47.9 Å². The van der Waals surface area contributed by atoms with Crippen LogP contribution >= 0.6 is 23.2 Å². The fourth-order valence-electron chi connectivity index (χ4n) is 4.36. The first-order chi connectivity index (χ1) is 13.4. The molecule has 6 heteroatoms. The lowest BCUT2D eigenvalue weighted by Crippen LogP contribution is -2.57. The first-order valence-corrected chi connectivity index (χ1v) is 10.4. The molecular formula is C22H23Cl2FN2O. The smallest absolute Gasteiger partial charge is 0.255 e. The number of carbonyl (C=O) groups excluding carboxylic acids is 1. The van der Waals surface area contributed by atoms with E-state index in [0.29, 0.717) is 36.2 Å². The summed E-state index contributed by atoms with van der Waals surface area (Å²) in [6.07, 6.45) is 2.15. The molecule has 0 radical (unpaired) electrons. The second-order valence-electron chi connectivity index (χ2n) is 7.76. The minimum absolute atomic E-state index is 0.104. The number of halogens is 3. The van der Waals surface area contributed by atoms with E-state index in [2.05, 4.69) is 17.0 Å². The maximum atomic E-state index is 13.7. The third kappa shape index (κ3) is 3.78. The summed E-state index contributed by atoms with van der Waals surface area (Å²) in [5.74, 6) is 0.0180. The number of amides is 1. The highest BCUT2D eigenvalue weighted by atomic mass is 35.5. The molecule has 0 bridgehead atoms. The molecular weight excluding hydrogens is 398 g/mol. The minimum atomic E-state index is -0.383. The summed E-state index contributed by atoms with van der Waals surface area (Å²) < 4.78 is 13.7. The van der Waals surface area contributed by atoms with E-state index in [4.69, 9.17) is 23.2 Å². The zero-order valence-electron chi connectivity index (χ0n) is 15.8. The highest BCUT2D eigenvalue weighted by Gasteiger charge is 2.35. The average molecular weight is 421 g/mol. The van der Waals surface area contributed by atoms with Crippen LogP contribution in [0.4, 0.5) is 4.39 Å². The molecule has 2 aromatic rings. The number of benzene rings is 2. The van der Waals surface area contributed by atoms with Crippen molar-refractivity contribution >= 4 is 29.1 Å². The van der Waals surface area contributed by atoms with Crippen LogP contribution in [0.25, 0.3) is 0 Å². The quantitative estimate of drug-likeness (QED) is 0.670. The van der Waals surface area contributed by atoms with Gasteiger partial charge in [0.25, 0.3) is 5.91 Å². The van der Waals surface area contributed by atoms with E-state index in [9.17, 15) is 9.18 Å². The van der Waals surface area contributed by atoms with Crippen molar-refractivity contribution in [2.75, 3.05) is 26.2 Å².